The summed E-state index contributed by atoms with van der Waals surface area (Å²) >= 11 is 0. The molecule has 0 unspecified atom stereocenters. The Kier molecular flexibility index (Phi) is 8.73. The Bertz CT molecular complexity index is 729. The monoisotopic (exact) mass is 380 g/mol. The summed E-state index contributed by atoms with van der Waals surface area (Å²) in [6, 6.07) is 18.8. The van der Waals surface area contributed by atoms with Crippen LogP contribution in [0.2, 0.25) is 0 Å². The second kappa shape index (κ2) is 11.3. The van der Waals surface area contributed by atoms with Gasteiger partial charge in [0.1, 0.15) is 6.04 Å². The van der Waals surface area contributed by atoms with E-state index < -0.39 is 6.04 Å². The van der Waals surface area contributed by atoms with Crippen molar-refractivity contribution in [1.29, 1.82) is 0 Å². The number of nitrogens with zero attached hydrogens (tertiary/aromatic N) is 1. The summed E-state index contributed by atoms with van der Waals surface area (Å²) in [5.74, 6) is 0.393. The quantitative estimate of drug-likeness (QED) is 0.648. The van der Waals surface area contributed by atoms with Gasteiger partial charge in [-0.15, -0.1) is 0 Å². The molecular weight excluding hydrogens is 348 g/mol. The zero-order valence-electron chi connectivity index (χ0n) is 17.2. The van der Waals surface area contributed by atoms with Crippen molar-refractivity contribution in [2.45, 2.75) is 52.6 Å². The molecule has 0 spiro atoms. The third kappa shape index (κ3) is 6.52. The van der Waals surface area contributed by atoms with Gasteiger partial charge in [-0.3, -0.25) is 9.59 Å². The molecule has 0 heterocycles. The minimum Gasteiger partial charge on any atom is -0.354 e. The van der Waals surface area contributed by atoms with Crippen molar-refractivity contribution < 1.29 is 9.59 Å². The van der Waals surface area contributed by atoms with Gasteiger partial charge in [0.05, 0.1) is 0 Å². The summed E-state index contributed by atoms with van der Waals surface area (Å²) in [6.07, 6.45) is 2.09. The largest absolute Gasteiger partial charge is 0.354 e. The average Bonchev–Trinajstić information content (AvgIpc) is 2.69. The first-order valence-electron chi connectivity index (χ1n) is 10.2. The molecule has 0 aromatic heterocycles. The van der Waals surface area contributed by atoms with Gasteiger partial charge in [0, 0.05) is 19.5 Å². The van der Waals surface area contributed by atoms with Crippen LogP contribution in [0.4, 0.5) is 0 Å². The van der Waals surface area contributed by atoms with Gasteiger partial charge in [0.15, 0.2) is 0 Å². The molecule has 28 heavy (non-hydrogen) atoms. The van der Waals surface area contributed by atoms with Crippen LogP contribution in [0.15, 0.2) is 60.7 Å². The molecule has 150 valence electrons. The van der Waals surface area contributed by atoms with E-state index in [1.807, 2.05) is 67.6 Å². The van der Waals surface area contributed by atoms with Gasteiger partial charge in [0.25, 0.3) is 0 Å². The van der Waals surface area contributed by atoms with Crippen molar-refractivity contribution in [3.05, 3.63) is 71.8 Å². The molecule has 1 N–H and O–H groups in total. The fourth-order valence-corrected chi connectivity index (χ4v) is 3.15. The average molecular weight is 381 g/mol. The highest BCUT2D eigenvalue weighted by Gasteiger charge is 2.30. The lowest BCUT2D eigenvalue weighted by atomic mass is 10.0. The minimum absolute atomic E-state index is 0.000726. The van der Waals surface area contributed by atoms with Gasteiger partial charge >= 0.3 is 0 Å². The van der Waals surface area contributed by atoms with E-state index in [-0.39, 0.29) is 11.8 Å². The second-order valence-electron chi connectivity index (χ2n) is 7.54. The number of hydrogen-bond acceptors (Lipinski definition) is 2. The van der Waals surface area contributed by atoms with Crippen LogP contribution in [0.1, 0.15) is 57.2 Å². The fraction of sp³-hybridized carbons (Fsp3) is 0.417. The van der Waals surface area contributed by atoms with Crippen LogP contribution in [0.5, 0.6) is 0 Å². The Morgan fingerprint density at radius 2 is 1.57 bits per heavy atom. The van der Waals surface area contributed by atoms with Gasteiger partial charge in [-0.05, 0) is 29.9 Å². The van der Waals surface area contributed by atoms with E-state index in [1.54, 1.807) is 4.90 Å². The lowest BCUT2D eigenvalue weighted by Crippen LogP contribution is -2.43. The van der Waals surface area contributed by atoms with E-state index in [9.17, 15) is 9.59 Å². The maximum atomic E-state index is 13.2. The Labute approximate surface area is 169 Å². The lowest BCUT2D eigenvalue weighted by molar-refractivity contribution is -0.141. The Morgan fingerprint density at radius 3 is 2.14 bits per heavy atom. The number of amides is 2. The molecule has 4 nitrogen and oxygen atoms in total. The number of nitrogens with one attached hydrogen (secondary N) is 1. The van der Waals surface area contributed by atoms with Crippen LogP contribution in [-0.4, -0.2) is 23.3 Å². The van der Waals surface area contributed by atoms with Crippen LogP contribution in [0.25, 0.3) is 0 Å². The molecule has 2 aromatic rings. The Morgan fingerprint density at radius 1 is 0.964 bits per heavy atom. The number of carbonyl (C=O) groups excluding carboxylic acids is 2. The zero-order valence-corrected chi connectivity index (χ0v) is 17.2. The van der Waals surface area contributed by atoms with E-state index in [0.29, 0.717) is 25.4 Å². The standard InChI is InChI=1S/C24H32N2O2/c1-4-11-22(27)26(18-20-12-7-5-8-13-20)23(21-14-9-6-10-15-21)24(28)25-17-16-19(2)3/h5-10,12-15,19,23H,4,11,16-18H2,1-3H3,(H,25,28)/t23-/m1/s1. The highest BCUT2D eigenvalue weighted by atomic mass is 16.2. The van der Waals surface area contributed by atoms with Crippen molar-refractivity contribution >= 4 is 11.8 Å². The third-order valence-corrected chi connectivity index (χ3v) is 4.68. The van der Waals surface area contributed by atoms with Gasteiger partial charge in [-0.1, -0.05) is 81.4 Å². The van der Waals surface area contributed by atoms with Gasteiger partial charge in [-0.25, -0.2) is 0 Å². The molecule has 0 fully saturated rings. The topological polar surface area (TPSA) is 49.4 Å². The lowest BCUT2D eigenvalue weighted by Gasteiger charge is -2.31. The molecule has 0 aliphatic carbocycles. The minimum atomic E-state index is -0.632. The zero-order chi connectivity index (χ0) is 20.4. The van der Waals surface area contributed by atoms with E-state index in [4.69, 9.17) is 0 Å². The van der Waals surface area contributed by atoms with Crippen LogP contribution in [0, 0.1) is 5.92 Å². The number of benzene rings is 2. The molecule has 0 aliphatic rings. The molecule has 2 rings (SSSR count). The third-order valence-electron chi connectivity index (χ3n) is 4.68. The molecule has 4 heteroatoms. The molecule has 1 atom stereocenters. The first-order chi connectivity index (χ1) is 13.5. The van der Waals surface area contributed by atoms with Crippen molar-refractivity contribution in [2.75, 3.05) is 6.54 Å². The van der Waals surface area contributed by atoms with Gasteiger partial charge in [0.2, 0.25) is 11.8 Å². The van der Waals surface area contributed by atoms with Crippen LogP contribution in [-0.2, 0) is 16.1 Å². The van der Waals surface area contributed by atoms with Crippen molar-refractivity contribution in [1.82, 2.24) is 10.2 Å². The molecule has 0 bridgehead atoms. The predicted molar refractivity (Wildman–Crippen MR) is 114 cm³/mol. The molecule has 2 aromatic carbocycles. The normalized spacial score (nSPS) is 11.9. The van der Waals surface area contributed by atoms with Crippen molar-refractivity contribution in [3.8, 4) is 0 Å². The van der Waals surface area contributed by atoms with Crippen molar-refractivity contribution in [3.63, 3.8) is 0 Å². The number of hydrogen-bond donors (Lipinski definition) is 1. The summed E-state index contributed by atoms with van der Waals surface area (Å²) in [4.78, 5) is 27.9. The summed E-state index contributed by atoms with van der Waals surface area (Å²) < 4.78 is 0. The SMILES string of the molecule is CCCC(=O)N(Cc1ccccc1)[C@@H](C(=O)NCCC(C)C)c1ccccc1. The fourth-order valence-electron chi connectivity index (χ4n) is 3.15. The molecule has 0 radical (unpaired) electrons. The van der Waals surface area contributed by atoms with Gasteiger partial charge in [-0.2, -0.15) is 0 Å². The summed E-state index contributed by atoms with van der Waals surface area (Å²) in [6.45, 7) is 7.28. The summed E-state index contributed by atoms with van der Waals surface area (Å²) in [5.41, 5.74) is 1.85. The number of carbonyl (C=O) groups is 2. The molecule has 0 saturated carbocycles. The Balaban J connectivity index is 2.33. The highest BCUT2D eigenvalue weighted by molar-refractivity contribution is 5.88. The van der Waals surface area contributed by atoms with Crippen molar-refractivity contribution in [2.24, 2.45) is 5.92 Å². The summed E-state index contributed by atoms with van der Waals surface area (Å²) in [5, 5.41) is 3.04. The smallest absolute Gasteiger partial charge is 0.247 e. The maximum absolute atomic E-state index is 13.2. The first-order valence-corrected chi connectivity index (χ1v) is 10.2. The van der Waals surface area contributed by atoms with Crippen LogP contribution >= 0.6 is 0 Å². The van der Waals surface area contributed by atoms with Gasteiger partial charge < -0.3 is 10.2 Å². The van der Waals surface area contributed by atoms with Crippen LogP contribution in [0.3, 0.4) is 0 Å². The van der Waals surface area contributed by atoms with E-state index in [0.717, 1.165) is 24.0 Å². The molecular formula is C24H32N2O2. The second-order valence-corrected chi connectivity index (χ2v) is 7.54. The first kappa shape index (κ1) is 21.7. The highest BCUT2D eigenvalue weighted by Crippen LogP contribution is 2.25. The van der Waals surface area contributed by atoms with E-state index in [2.05, 4.69) is 19.2 Å². The maximum Gasteiger partial charge on any atom is 0.247 e. The molecule has 0 saturated heterocycles. The number of rotatable bonds is 10. The predicted octanol–water partition coefficient (Wildman–Crippen LogP) is 4.72. The Hall–Kier alpha value is -2.62. The summed E-state index contributed by atoms with van der Waals surface area (Å²) in [7, 11) is 0. The van der Waals surface area contributed by atoms with E-state index in [1.165, 1.54) is 0 Å². The van der Waals surface area contributed by atoms with Crippen LogP contribution < -0.4 is 5.32 Å². The molecule has 0 aliphatic heterocycles. The molecule has 2 amide bonds. The van der Waals surface area contributed by atoms with E-state index >= 15 is 0 Å².